The first-order valence-electron chi connectivity index (χ1n) is 6.70. The van der Waals surface area contributed by atoms with Crippen molar-refractivity contribution in [2.24, 2.45) is 5.92 Å². The number of nitrogens with one attached hydrogen (secondary N) is 1. The highest BCUT2D eigenvalue weighted by atomic mass is 32.1. The molecule has 20 heavy (non-hydrogen) atoms. The van der Waals surface area contributed by atoms with Crippen LogP contribution in [0.2, 0.25) is 0 Å². The molecule has 1 saturated carbocycles. The largest absolute Gasteiger partial charge is 0.351 e. The van der Waals surface area contributed by atoms with Gasteiger partial charge >= 0.3 is 0 Å². The first kappa shape index (κ1) is 13.1. The molecule has 1 aliphatic carbocycles. The fraction of sp³-hybridized carbons (Fsp3) is 0.250. The van der Waals surface area contributed by atoms with Crippen LogP contribution >= 0.6 is 11.3 Å². The molecule has 3 rings (SSSR count). The molecule has 1 amide bonds. The lowest BCUT2D eigenvalue weighted by Gasteiger charge is -2.01. The third kappa shape index (κ3) is 2.96. The highest BCUT2D eigenvalue weighted by Crippen LogP contribution is 2.29. The number of benzene rings is 1. The minimum atomic E-state index is 0.0374. The van der Waals surface area contributed by atoms with E-state index in [0.29, 0.717) is 17.0 Å². The zero-order valence-electron chi connectivity index (χ0n) is 11.0. The fourth-order valence-corrected chi connectivity index (χ4v) is 2.90. The Kier molecular flexibility index (Phi) is 3.65. The molecular formula is C16H15NO2S. The summed E-state index contributed by atoms with van der Waals surface area (Å²) in [5, 5.41) is 2.91. The van der Waals surface area contributed by atoms with Crippen molar-refractivity contribution in [2.75, 3.05) is 0 Å². The number of thiophene rings is 1. The van der Waals surface area contributed by atoms with Crippen LogP contribution in [0.3, 0.4) is 0 Å². The average molecular weight is 285 g/mol. The molecular weight excluding hydrogens is 270 g/mol. The molecule has 0 atom stereocenters. The lowest BCUT2D eigenvalue weighted by molar-refractivity contribution is -0.122. The van der Waals surface area contributed by atoms with E-state index in [1.165, 1.54) is 11.3 Å². The minimum absolute atomic E-state index is 0.0374. The van der Waals surface area contributed by atoms with Gasteiger partial charge in [0.15, 0.2) is 0 Å². The van der Waals surface area contributed by atoms with Crippen LogP contribution in [0.1, 0.15) is 33.0 Å². The molecule has 4 heteroatoms. The van der Waals surface area contributed by atoms with Crippen LogP contribution in [-0.4, -0.2) is 11.7 Å². The molecule has 1 aromatic heterocycles. The van der Waals surface area contributed by atoms with E-state index in [2.05, 4.69) is 5.32 Å². The third-order valence-corrected chi connectivity index (χ3v) is 4.39. The van der Waals surface area contributed by atoms with E-state index >= 15 is 0 Å². The predicted molar refractivity (Wildman–Crippen MR) is 78.8 cm³/mol. The number of carbonyl (C=O) groups excluding carboxylic acids is 2. The van der Waals surface area contributed by atoms with Crippen LogP contribution in [0.15, 0.2) is 42.5 Å². The van der Waals surface area contributed by atoms with Gasteiger partial charge < -0.3 is 5.32 Å². The molecule has 0 radical (unpaired) electrons. The second-order valence-corrected chi connectivity index (χ2v) is 6.12. The van der Waals surface area contributed by atoms with Gasteiger partial charge in [-0.25, -0.2) is 0 Å². The van der Waals surface area contributed by atoms with Crippen molar-refractivity contribution in [1.82, 2.24) is 5.32 Å². The standard InChI is InChI=1S/C16H15NO2S/c18-15(11-4-2-1-3-5-11)14-9-8-13(20-14)10-17-16(19)12-6-7-12/h1-5,8-9,12H,6-7,10H2,(H,17,19). The fourth-order valence-electron chi connectivity index (χ4n) is 1.99. The summed E-state index contributed by atoms with van der Waals surface area (Å²) in [5.74, 6) is 0.394. The summed E-state index contributed by atoms with van der Waals surface area (Å²) in [4.78, 5) is 25.5. The Hall–Kier alpha value is -1.94. The molecule has 0 unspecified atom stereocenters. The van der Waals surface area contributed by atoms with Gasteiger partial charge in [-0.3, -0.25) is 9.59 Å². The Labute approximate surface area is 121 Å². The van der Waals surface area contributed by atoms with Crippen molar-refractivity contribution in [3.8, 4) is 0 Å². The number of amides is 1. The highest BCUT2D eigenvalue weighted by Gasteiger charge is 2.29. The van der Waals surface area contributed by atoms with E-state index < -0.39 is 0 Å². The van der Waals surface area contributed by atoms with E-state index in [0.717, 1.165) is 17.7 Å². The van der Waals surface area contributed by atoms with Gasteiger partial charge in [-0.2, -0.15) is 0 Å². The summed E-state index contributed by atoms with van der Waals surface area (Å²) < 4.78 is 0. The summed E-state index contributed by atoms with van der Waals surface area (Å²) >= 11 is 1.45. The Morgan fingerprint density at radius 3 is 2.55 bits per heavy atom. The maximum atomic E-state index is 12.2. The molecule has 3 nitrogen and oxygen atoms in total. The summed E-state index contributed by atoms with van der Waals surface area (Å²) in [6, 6.07) is 13.0. The predicted octanol–water partition coefficient (Wildman–Crippen LogP) is 3.01. The summed E-state index contributed by atoms with van der Waals surface area (Å²) in [6.07, 6.45) is 2.02. The van der Waals surface area contributed by atoms with Crippen molar-refractivity contribution in [1.29, 1.82) is 0 Å². The third-order valence-electron chi connectivity index (χ3n) is 3.31. The Bertz CT molecular complexity index is 629. The van der Waals surface area contributed by atoms with Crippen LogP contribution in [-0.2, 0) is 11.3 Å². The zero-order chi connectivity index (χ0) is 13.9. The molecule has 0 saturated heterocycles. The second kappa shape index (κ2) is 5.59. The molecule has 102 valence electrons. The molecule has 1 fully saturated rings. The maximum Gasteiger partial charge on any atom is 0.223 e. The van der Waals surface area contributed by atoms with Crippen LogP contribution in [0.5, 0.6) is 0 Å². The summed E-state index contributed by atoms with van der Waals surface area (Å²) in [6.45, 7) is 0.516. The quantitative estimate of drug-likeness (QED) is 0.858. The van der Waals surface area contributed by atoms with E-state index in [-0.39, 0.29) is 17.6 Å². The number of ketones is 1. The van der Waals surface area contributed by atoms with Gasteiger partial charge in [-0.05, 0) is 25.0 Å². The molecule has 2 aromatic rings. The van der Waals surface area contributed by atoms with Crippen molar-refractivity contribution < 1.29 is 9.59 Å². The van der Waals surface area contributed by atoms with Crippen molar-refractivity contribution in [2.45, 2.75) is 19.4 Å². The maximum absolute atomic E-state index is 12.2. The minimum Gasteiger partial charge on any atom is -0.351 e. The van der Waals surface area contributed by atoms with Gasteiger partial charge in [0.25, 0.3) is 0 Å². The van der Waals surface area contributed by atoms with Crippen molar-refractivity contribution >= 4 is 23.0 Å². The van der Waals surface area contributed by atoms with Crippen LogP contribution in [0, 0.1) is 5.92 Å². The van der Waals surface area contributed by atoms with Crippen LogP contribution < -0.4 is 5.32 Å². The Balaban J connectivity index is 1.64. The Morgan fingerprint density at radius 2 is 1.85 bits per heavy atom. The molecule has 1 heterocycles. The highest BCUT2D eigenvalue weighted by molar-refractivity contribution is 7.14. The lowest BCUT2D eigenvalue weighted by atomic mass is 10.1. The van der Waals surface area contributed by atoms with Crippen molar-refractivity contribution in [3.05, 3.63) is 57.8 Å². The first-order chi connectivity index (χ1) is 9.74. The van der Waals surface area contributed by atoms with Gasteiger partial charge in [0.2, 0.25) is 11.7 Å². The first-order valence-corrected chi connectivity index (χ1v) is 7.52. The molecule has 0 aliphatic heterocycles. The van der Waals surface area contributed by atoms with Crippen LogP contribution in [0.25, 0.3) is 0 Å². The SMILES string of the molecule is O=C(c1ccccc1)c1ccc(CNC(=O)C2CC2)s1. The summed E-state index contributed by atoms with van der Waals surface area (Å²) in [5.41, 5.74) is 0.697. The molecule has 0 bridgehead atoms. The van der Waals surface area contributed by atoms with Gasteiger partial charge in [0, 0.05) is 16.4 Å². The average Bonchev–Trinajstić information content (AvgIpc) is 3.24. The second-order valence-electron chi connectivity index (χ2n) is 4.95. The van der Waals surface area contributed by atoms with Gasteiger partial charge in [0.05, 0.1) is 11.4 Å². The van der Waals surface area contributed by atoms with E-state index in [1.807, 2.05) is 42.5 Å². The normalized spacial score (nSPS) is 14.0. The topological polar surface area (TPSA) is 46.2 Å². The molecule has 1 N–H and O–H groups in total. The number of hydrogen-bond acceptors (Lipinski definition) is 3. The number of rotatable bonds is 5. The van der Waals surface area contributed by atoms with E-state index in [9.17, 15) is 9.59 Å². The van der Waals surface area contributed by atoms with Crippen LogP contribution in [0.4, 0.5) is 0 Å². The van der Waals surface area contributed by atoms with Gasteiger partial charge in [0.1, 0.15) is 0 Å². The van der Waals surface area contributed by atoms with Gasteiger partial charge in [-0.15, -0.1) is 11.3 Å². The molecule has 1 aliphatic rings. The van der Waals surface area contributed by atoms with Crippen molar-refractivity contribution in [3.63, 3.8) is 0 Å². The van der Waals surface area contributed by atoms with E-state index in [1.54, 1.807) is 0 Å². The van der Waals surface area contributed by atoms with Gasteiger partial charge in [-0.1, -0.05) is 30.3 Å². The number of carbonyl (C=O) groups is 2. The van der Waals surface area contributed by atoms with E-state index in [4.69, 9.17) is 0 Å². The monoisotopic (exact) mass is 285 g/mol. The summed E-state index contributed by atoms with van der Waals surface area (Å²) in [7, 11) is 0. The smallest absolute Gasteiger partial charge is 0.223 e. The zero-order valence-corrected chi connectivity index (χ0v) is 11.8. The molecule has 1 aromatic carbocycles. The number of hydrogen-bond donors (Lipinski definition) is 1. The molecule has 0 spiro atoms. The Morgan fingerprint density at radius 1 is 1.10 bits per heavy atom. The lowest BCUT2D eigenvalue weighted by Crippen LogP contribution is -2.23.